The van der Waals surface area contributed by atoms with E-state index in [4.69, 9.17) is 23.2 Å². The number of nitrogens with zero attached hydrogens (tertiary/aromatic N) is 3. The highest BCUT2D eigenvalue weighted by Crippen LogP contribution is 2.49. The van der Waals surface area contributed by atoms with E-state index in [1.54, 1.807) is 72.8 Å². The zero-order chi connectivity index (χ0) is 27.9. The molecule has 4 aromatic rings. The number of aromatic nitrogens is 1. The van der Waals surface area contributed by atoms with Gasteiger partial charge in [0.1, 0.15) is 5.82 Å². The van der Waals surface area contributed by atoms with Gasteiger partial charge in [0.25, 0.3) is 15.6 Å². The van der Waals surface area contributed by atoms with E-state index in [0.29, 0.717) is 26.7 Å². The number of pyridine rings is 1. The third kappa shape index (κ3) is 4.87. The first-order valence-corrected chi connectivity index (χ1v) is 14.3. The van der Waals surface area contributed by atoms with Crippen molar-refractivity contribution in [2.24, 2.45) is 0 Å². The zero-order valence-corrected chi connectivity index (χ0v) is 23.4. The third-order valence-electron chi connectivity index (χ3n) is 6.57. The minimum Gasteiger partial charge on any atom is -0.283 e. The molecule has 2 atom stereocenters. The molecule has 1 aromatic heterocycles. The summed E-state index contributed by atoms with van der Waals surface area (Å²) in [6.07, 6.45) is 1.78. The molecule has 0 spiro atoms. The SMILES string of the molecule is CC(C)=Cc1ccc2n(c1=O)[C@@H](c1ccc(Cl)cc1)[C@@H](c1ccc(Cl)cc1)N2S(=O)(=O)c1cccc(C#N)c1. The second kappa shape index (κ2) is 10.4. The maximum atomic E-state index is 14.4. The molecule has 0 saturated heterocycles. The number of anilines is 1. The largest absolute Gasteiger partial charge is 0.283 e. The number of halogens is 2. The second-order valence-corrected chi connectivity index (χ2v) is 12.2. The first-order valence-electron chi connectivity index (χ1n) is 12.1. The van der Waals surface area contributed by atoms with Crippen LogP contribution in [0.5, 0.6) is 0 Å². The molecule has 1 aliphatic heterocycles. The minimum atomic E-state index is -4.25. The van der Waals surface area contributed by atoms with Gasteiger partial charge in [-0.25, -0.2) is 12.7 Å². The Balaban J connectivity index is 1.86. The quantitative estimate of drug-likeness (QED) is 0.256. The van der Waals surface area contributed by atoms with Crippen molar-refractivity contribution < 1.29 is 8.42 Å². The Morgan fingerprint density at radius 2 is 1.46 bits per heavy atom. The molecule has 1 aliphatic rings. The lowest BCUT2D eigenvalue weighted by atomic mass is 9.94. The van der Waals surface area contributed by atoms with Gasteiger partial charge >= 0.3 is 0 Å². The van der Waals surface area contributed by atoms with Crippen molar-refractivity contribution in [1.82, 2.24) is 4.57 Å². The molecule has 0 fully saturated rings. The smallest absolute Gasteiger partial charge is 0.266 e. The van der Waals surface area contributed by atoms with Crippen LogP contribution in [-0.4, -0.2) is 13.0 Å². The van der Waals surface area contributed by atoms with E-state index >= 15 is 0 Å². The molecule has 0 saturated carbocycles. The topological polar surface area (TPSA) is 83.2 Å². The molecule has 0 aliphatic carbocycles. The predicted molar refractivity (Wildman–Crippen MR) is 155 cm³/mol. The van der Waals surface area contributed by atoms with Crippen LogP contribution in [0.2, 0.25) is 10.0 Å². The van der Waals surface area contributed by atoms with Gasteiger partial charge in [-0.15, -0.1) is 0 Å². The van der Waals surface area contributed by atoms with Crippen LogP contribution in [0.1, 0.15) is 48.2 Å². The Labute approximate surface area is 237 Å². The Morgan fingerprint density at radius 1 is 0.872 bits per heavy atom. The number of allylic oxidation sites excluding steroid dienone is 1. The number of benzene rings is 3. The molecule has 196 valence electrons. The van der Waals surface area contributed by atoms with Crippen LogP contribution in [0.15, 0.2) is 100 Å². The standard InChI is InChI=1S/C30H23Cl2N3O3S/c1-19(2)16-23-10-15-27-34(30(23)36)28(21-6-11-24(31)12-7-21)29(22-8-13-25(32)14-9-22)35(27)39(37,38)26-5-3-4-20(17-26)18-33/h3-17,28-29H,1-2H3/t28-,29+/m0/s1. The maximum absolute atomic E-state index is 14.4. The van der Waals surface area contributed by atoms with E-state index in [1.165, 1.54) is 27.1 Å². The molecule has 0 unspecified atom stereocenters. The van der Waals surface area contributed by atoms with Crippen LogP contribution >= 0.6 is 23.2 Å². The van der Waals surface area contributed by atoms with Crippen LogP contribution in [0.4, 0.5) is 5.82 Å². The molecule has 3 aromatic carbocycles. The number of hydrogen-bond donors (Lipinski definition) is 0. The van der Waals surface area contributed by atoms with Gasteiger partial charge in [-0.05, 0) is 79.6 Å². The monoisotopic (exact) mass is 575 g/mol. The molecule has 0 N–H and O–H groups in total. The Morgan fingerprint density at radius 3 is 2.03 bits per heavy atom. The molecule has 5 rings (SSSR count). The molecule has 0 amide bonds. The summed E-state index contributed by atoms with van der Waals surface area (Å²) in [4.78, 5) is 13.9. The van der Waals surface area contributed by atoms with Crippen molar-refractivity contribution in [3.63, 3.8) is 0 Å². The summed E-state index contributed by atoms with van der Waals surface area (Å²) in [5.41, 5.74) is 2.62. The van der Waals surface area contributed by atoms with Crippen molar-refractivity contribution in [3.05, 3.63) is 133 Å². The van der Waals surface area contributed by atoms with Gasteiger partial charge in [0.2, 0.25) is 0 Å². The summed E-state index contributed by atoms with van der Waals surface area (Å²) in [7, 11) is -4.25. The van der Waals surface area contributed by atoms with Crippen molar-refractivity contribution in [2.75, 3.05) is 4.31 Å². The van der Waals surface area contributed by atoms with Crippen LogP contribution in [0.25, 0.3) is 6.08 Å². The first-order chi connectivity index (χ1) is 18.6. The second-order valence-electron chi connectivity index (χ2n) is 9.48. The summed E-state index contributed by atoms with van der Waals surface area (Å²) in [6.45, 7) is 3.78. The molecular formula is C30H23Cl2N3O3S. The molecular weight excluding hydrogens is 553 g/mol. The summed E-state index contributed by atoms with van der Waals surface area (Å²) in [5, 5.41) is 10.4. The fourth-order valence-electron chi connectivity index (χ4n) is 4.92. The molecule has 0 bridgehead atoms. The van der Waals surface area contributed by atoms with Crippen LogP contribution in [0, 0.1) is 11.3 Å². The van der Waals surface area contributed by atoms with Crippen molar-refractivity contribution in [2.45, 2.75) is 30.8 Å². The minimum absolute atomic E-state index is 0.0513. The summed E-state index contributed by atoms with van der Waals surface area (Å²) >= 11 is 12.4. The predicted octanol–water partition coefficient (Wildman–Crippen LogP) is 6.99. The van der Waals surface area contributed by atoms with Crippen LogP contribution in [0.3, 0.4) is 0 Å². The summed E-state index contributed by atoms with van der Waals surface area (Å²) in [5.74, 6) is 0.216. The van der Waals surface area contributed by atoms with Crippen molar-refractivity contribution >= 4 is 45.1 Å². The van der Waals surface area contributed by atoms with Gasteiger partial charge in [0.05, 0.1) is 28.6 Å². The van der Waals surface area contributed by atoms with Crippen LogP contribution in [-0.2, 0) is 10.0 Å². The Kier molecular flexibility index (Phi) is 7.13. The van der Waals surface area contributed by atoms with Crippen LogP contribution < -0.4 is 9.86 Å². The fourth-order valence-corrected chi connectivity index (χ4v) is 6.86. The summed E-state index contributed by atoms with van der Waals surface area (Å²) < 4.78 is 31.5. The zero-order valence-electron chi connectivity index (χ0n) is 21.0. The van der Waals surface area contributed by atoms with Crippen molar-refractivity contribution in [1.29, 1.82) is 5.26 Å². The molecule has 6 nitrogen and oxygen atoms in total. The number of hydrogen-bond acceptors (Lipinski definition) is 4. The number of rotatable bonds is 5. The highest BCUT2D eigenvalue weighted by Gasteiger charge is 2.47. The van der Waals surface area contributed by atoms with Gasteiger partial charge in [-0.1, -0.05) is 65.2 Å². The summed E-state index contributed by atoms with van der Waals surface area (Å²) in [6, 6.07) is 23.5. The van der Waals surface area contributed by atoms with Gasteiger partial charge in [-0.2, -0.15) is 5.26 Å². The number of sulfonamides is 1. The van der Waals surface area contributed by atoms with E-state index in [1.807, 2.05) is 19.9 Å². The molecule has 0 radical (unpaired) electrons. The highest BCUT2D eigenvalue weighted by atomic mass is 35.5. The van der Waals surface area contributed by atoms with E-state index < -0.39 is 22.1 Å². The van der Waals surface area contributed by atoms with Gasteiger partial charge in [-0.3, -0.25) is 9.36 Å². The normalized spacial score (nSPS) is 16.4. The third-order valence-corrected chi connectivity index (χ3v) is 8.85. The molecule has 9 heteroatoms. The number of nitriles is 1. The average Bonchev–Trinajstić information content (AvgIpc) is 3.27. The lowest BCUT2D eigenvalue weighted by Crippen LogP contribution is -2.33. The number of fused-ring (bicyclic) bond motifs is 1. The first kappa shape index (κ1) is 26.8. The molecule has 39 heavy (non-hydrogen) atoms. The van der Waals surface area contributed by atoms with E-state index in [2.05, 4.69) is 0 Å². The Hall–Kier alpha value is -3.83. The molecule has 2 heterocycles. The highest BCUT2D eigenvalue weighted by molar-refractivity contribution is 7.92. The van der Waals surface area contributed by atoms with E-state index in [9.17, 15) is 18.5 Å². The van der Waals surface area contributed by atoms with Gasteiger partial charge in [0.15, 0.2) is 0 Å². The average molecular weight is 577 g/mol. The Bertz CT molecular complexity index is 1800. The lowest BCUT2D eigenvalue weighted by molar-refractivity contribution is 0.529. The van der Waals surface area contributed by atoms with Gasteiger partial charge < -0.3 is 0 Å². The lowest BCUT2D eigenvalue weighted by Gasteiger charge is -2.29. The van der Waals surface area contributed by atoms with E-state index in [-0.39, 0.29) is 21.8 Å². The fraction of sp³-hybridized carbons (Fsp3) is 0.133. The van der Waals surface area contributed by atoms with Gasteiger partial charge in [0, 0.05) is 15.6 Å². The van der Waals surface area contributed by atoms with Crippen molar-refractivity contribution in [3.8, 4) is 6.07 Å². The van der Waals surface area contributed by atoms with E-state index in [0.717, 1.165) is 5.57 Å². The maximum Gasteiger partial charge on any atom is 0.266 e.